The molecule has 2 aliphatic heterocycles. The molecular weight excluding hydrogens is 928 g/mol. The highest BCUT2D eigenvalue weighted by molar-refractivity contribution is 9.10. The monoisotopic (exact) mass is 954 g/mol. The molecule has 0 spiro atoms. The highest BCUT2D eigenvalue weighted by atomic mass is 79.9. The van der Waals surface area contributed by atoms with E-state index in [4.69, 9.17) is 27.4 Å². The number of nitrogen functional groups attached to an aromatic ring is 1. The molecule has 10 N–H and O–H groups in total. The van der Waals surface area contributed by atoms with Crippen molar-refractivity contribution in [3.63, 3.8) is 0 Å². The zero-order valence-electron chi connectivity index (χ0n) is 30.1. The number of aromatic nitrogens is 5. The average Bonchev–Trinajstić information content (AvgIpc) is 3.83. The van der Waals surface area contributed by atoms with Gasteiger partial charge in [0.1, 0.15) is 27.8 Å². The second kappa shape index (κ2) is 16.9. The van der Waals surface area contributed by atoms with Gasteiger partial charge < -0.3 is 31.2 Å². The first-order valence-electron chi connectivity index (χ1n) is 16.3. The molecule has 59 heavy (non-hydrogen) atoms. The molecule has 0 bridgehead atoms. The summed E-state index contributed by atoms with van der Waals surface area (Å²) >= 11 is 12.2. The highest BCUT2D eigenvalue weighted by Gasteiger charge is 2.54. The van der Waals surface area contributed by atoms with Crippen molar-refractivity contribution in [1.82, 2.24) is 51.1 Å². The average molecular weight is 956 g/mol. The first-order valence-corrected chi connectivity index (χ1v) is 20.4. The Labute approximate surface area is 355 Å². The van der Waals surface area contributed by atoms with E-state index in [1.54, 1.807) is 13.0 Å². The number of rotatable bonds is 12. The number of hydrogen-bond donors (Lipinski definition) is 9. The van der Waals surface area contributed by atoms with Gasteiger partial charge in [0.05, 0.1) is 15.1 Å². The van der Waals surface area contributed by atoms with E-state index < -0.39 is 74.8 Å². The van der Waals surface area contributed by atoms with Crippen LogP contribution in [0.5, 0.6) is 11.5 Å². The molecular formula is C31H28BrClN12O11S3. The molecule has 23 nitrogen and oxygen atoms in total. The number of amides is 5. The number of aromatic hydroxyl groups is 2. The minimum Gasteiger partial charge on any atom is -0.503 e. The number of benzene rings is 1. The SMILES string of the molecule is Cc1cc(SCC2=C(C(=O)O)N3C(=O)[C@@H](NC(=O)/C(=N\OC(C)(C)C(=O)NNC(=O)c4cc(Br)c(O)c(O)c4Cl)c4csc(N)n4)[C@H]3SC2)n2nc(C(=O)NO)nc2n1. The number of nitrogens with two attached hydrogens (primary N) is 1. The third-order valence-corrected chi connectivity index (χ3v) is 12.3. The van der Waals surface area contributed by atoms with Crippen LogP contribution in [0.25, 0.3) is 5.78 Å². The predicted molar refractivity (Wildman–Crippen MR) is 211 cm³/mol. The number of β-lactam (4-membered cyclic amide) rings is 1. The molecule has 5 heterocycles. The van der Waals surface area contributed by atoms with Crippen LogP contribution >= 0.6 is 62.4 Å². The van der Waals surface area contributed by atoms with E-state index in [-0.39, 0.29) is 49.7 Å². The Bertz CT molecular complexity index is 2530. The number of carboxylic acid groups (broad SMARTS) is 1. The van der Waals surface area contributed by atoms with Crippen molar-refractivity contribution in [1.29, 1.82) is 0 Å². The Morgan fingerprint density at radius 3 is 2.53 bits per heavy atom. The summed E-state index contributed by atoms with van der Waals surface area (Å²) in [7, 11) is 0. The molecule has 310 valence electrons. The summed E-state index contributed by atoms with van der Waals surface area (Å²) in [5.74, 6) is -7.48. The van der Waals surface area contributed by atoms with Gasteiger partial charge in [-0.1, -0.05) is 16.8 Å². The van der Waals surface area contributed by atoms with Crippen LogP contribution in [0.4, 0.5) is 5.13 Å². The Kier molecular flexibility index (Phi) is 12.2. The number of nitrogens with one attached hydrogen (secondary N) is 4. The fourth-order valence-electron chi connectivity index (χ4n) is 5.27. The topological polar surface area (TPSA) is 338 Å². The lowest BCUT2D eigenvalue weighted by Crippen LogP contribution is -2.71. The summed E-state index contributed by atoms with van der Waals surface area (Å²) in [6.07, 6.45) is 0. The van der Waals surface area contributed by atoms with E-state index in [1.165, 1.54) is 41.0 Å². The molecule has 0 aliphatic carbocycles. The number of thiazole rings is 1. The standard InChI is InChI=1S/C31H28BrClN12O11S3/c1-9-4-14(45-30(35-9)38-21(41-45)24(50)42-55)57-6-10-7-58-26-17(25(51)44(26)18(10)27(52)53)37-23(49)16(13-8-59-29(34)36-13)43-56-31(2,3)28(54)40-39-22(48)11-5-12(32)19(46)20(47)15(11)33/h4-5,8,17,26,46-47,55H,6-7H2,1-3H3,(H2,34,36)(H,37,49)(H,39,48)(H,40,54)(H,42,50)(H,52,53)/b43-16-/t17-,26-/m1/s1. The molecule has 1 saturated heterocycles. The van der Waals surface area contributed by atoms with Gasteiger partial charge in [-0.2, -0.15) is 9.50 Å². The number of anilines is 1. The number of carbonyl (C=O) groups is 6. The van der Waals surface area contributed by atoms with E-state index >= 15 is 0 Å². The first kappa shape index (κ1) is 42.9. The van der Waals surface area contributed by atoms with Crippen molar-refractivity contribution >= 4 is 115 Å². The van der Waals surface area contributed by atoms with Gasteiger partial charge in [0.15, 0.2) is 22.3 Å². The van der Waals surface area contributed by atoms with Crippen molar-refractivity contribution in [3.8, 4) is 11.5 Å². The number of oxime groups is 1. The number of aliphatic carboxylic acids is 1. The Morgan fingerprint density at radius 1 is 1.14 bits per heavy atom. The van der Waals surface area contributed by atoms with Crippen LogP contribution in [-0.4, -0.2) is 120 Å². The minimum absolute atomic E-state index is 0.0451. The number of carboxylic acids is 1. The number of halogens is 2. The second-order valence-corrected chi connectivity index (χ2v) is 16.9. The zero-order chi connectivity index (χ0) is 43.1. The molecule has 0 unspecified atom stereocenters. The summed E-state index contributed by atoms with van der Waals surface area (Å²) in [4.78, 5) is 96.2. The van der Waals surface area contributed by atoms with Crippen molar-refractivity contribution in [2.75, 3.05) is 17.2 Å². The molecule has 28 heteroatoms. The number of hydrazine groups is 1. The molecule has 2 atom stereocenters. The maximum atomic E-state index is 13.7. The van der Waals surface area contributed by atoms with E-state index in [0.717, 1.165) is 34.1 Å². The van der Waals surface area contributed by atoms with Crippen molar-refractivity contribution in [2.45, 2.75) is 42.8 Å². The number of nitrogens with zero attached hydrogens (tertiary/aromatic N) is 7. The van der Waals surface area contributed by atoms with E-state index in [2.05, 4.69) is 57.3 Å². The lowest BCUT2D eigenvalue weighted by Gasteiger charge is -2.49. The van der Waals surface area contributed by atoms with Gasteiger partial charge in [-0.25, -0.2) is 20.2 Å². The molecule has 3 aromatic heterocycles. The number of hydrogen-bond acceptors (Lipinski definition) is 19. The number of phenols is 2. The number of thioether (sulfide) groups is 2. The van der Waals surface area contributed by atoms with Gasteiger partial charge >= 0.3 is 11.9 Å². The summed E-state index contributed by atoms with van der Waals surface area (Å²) < 4.78 is 1.20. The molecule has 5 amide bonds. The number of carbonyl (C=O) groups excluding carboxylic acids is 5. The molecule has 4 aromatic rings. The van der Waals surface area contributed by atoms with Crippen molar-refractivity contribution < 1.29 is 54.1 Å². The Balaban J connectivity index is 1.15. The number of fused-ring (bicyclic) bond motifs is 2. The maximum absolute atomic E-state index is 13.7. The van der Waals surface area contributed by atoms with Crippen LogP contribution in [0, 0.1) is 6.92 Å². The molecule has 1 fully saturated rings. The van der Waals surface area contributed by atoms with Crippen molar-refractivity contribution in [3.05, 3.63) is 61.1 Å². The van der Waals surface area contributed by atoms with E-state index in [1.807, 2.05) is 0 Å². The van der Waals surface area contributed by atoms with Crippen LogP contribution in [-0.2, 0) is 24.0 Å². The Morgan fingerprint density at radius 2 is 1.86 bits per heavy atom. The molecule has 6 rings (SSSR count). The fourth-order valence-corrected chi connectivity index (χ4v) is 9.00. The van der Waals surface area contributed by atoms with Crippen molar-refractivity contribution in [2.24, 2.45) is 5.16 Å². The largest absolute Gasteiger partial charge is 0.503 e. The number of aryl methyl sites for hydroxylation is 1. The Hall–Kier alpha value is -5.74. The van der Waals surface area contributed by atoms with E-state index in [9.17, 15) is 44.1 Å². The van der Waals surface area contributed by atoms with E-state index in [0.29, 0.717) is 16.3 Å². The molecule has 0 saturated carbocycles. The normalized spacial score (nSPS) is 16.6. The maximum Gasteiger partial charge on any atom is 0.352 e. The second-order valence-electron chi connectivity index (χ2n) is 12.7. The lowest BCUT2D eigenvalue weighted by atomic mass is 10.0. The summed E-state index contributed by atoms with van der Waals surface area (Å²) in [6, 6.07) is 1.52. The van der Waals surface area contributed by atoms with Crippen LogP contribution in [0.1, 0.15) is 46.2 Å². The van der Waals surface area contributed by atoms with Gasteiger partial charge in [-0.3, -0.25) is 44.9 Å². The smallest absolute Gasteiger partial charge is 0.352 e. The zero-order valence-corrected chi connectivity index (χ0v) is 34.9. The predicted octanol–water partition coefficient (Wildman–Crippen LogP) is 0.909. The molecule has 0 radical (unpaired) electrons. The lowest BCUT2D eigenvalue weighted by molar-refractivity contribution is -0.150. The quantitative estimate of drug-likeness (QED) is 0.0181. The van der Waals surface area contributed by atoms with Gasteiger partial charge in [-0.15, -0.1) is 40.0 Å². The third-order valence-electron chi connectivity index (χ3n) is 8.23. The van der Waals surface area contributed by atoms with Gasteiger partial charge in [-0.05, 0) is 54.4 Å². The van der Waals surface area contributed by atoms with Crippen LogP contribution in [0.15, 0.2) is 43.4 Å². The molecule has 1 aromatic carbocycles. The number of phenolic OH excluding ortho intramolecular Hbond substituents is 2. The third kappa shape index (κ3) is 8.55. The fraction of sp³-hybridized carbons (Fsp3) is 0.258. The van der Waals surface area contributed by atoms with Crippen LogP contribution in [0.3, 0.4) is 0 Å². The summed E-state index contributed by atoms with van der Waals surface area (Å²) in [5.41, 5.74) is 9.29. The minimum atomic E-state index is -1.88. The van der Waals surface area contributed by atoms with Crippen LogP contribution in [0.2, 0.25) is 5.02 Å². The number of hydroxylamine groups is 1. The molecule has 2 aliphatic rings. The van der Waals surface area contributed by atoms with Gasteiger partial charge in [0.25, 0.3) is 29.4 Å². The van der Waals surface area contributed by atoms with Gasteiger partial charge in [0.2, 0.25) is 11.4 Å². The summed E-state index contributed by atoms with van der Waals surface area (Å²) in [5, 5.41) is 50.0. The summed E-state index contributed by atoms with van der Waals surface area (Å²) in [6.45, 7) is 4.17. The first-order chi connectivity index (χ1) is 27.8. The highest BCUT2D eigenvalue weighted by Crippen LogP contribution is 2.43. The van der Waals surface area contributed by atoms with Gasteiger partial charge in [0, 0.05) is 22.6 Å². The van der Waals surface area contributed by atoms with Crippen LogP contribution < -0.4 is 27.4 Å².